The first kappa shape index (κ1) is 29.9. The summed E-state index contributed by atoms with van der Waals surface area (Å²) in [5.74, 6) is 1.94. The number of carbonyl (C=O) groups is 2. The van der Waals surface area contributed by atoms with Crippen molar-refractivity contribution >= 4 is 23.2 Å². The second-order valence-electron chi connectivity index (χ2n) is 12.5. The largest absolute Gasteiger partial charge is 0.490 e. The van der Waals surface area contributed by atoms with Crippen LogP contribution in [0, 0.1) is 13.8 Å². The molecule has 4 aliphatic heterocycles. The van der Waals surface area contributed by atoms with Gasteiger partial charge in [0.1, 0.15) is 24.7 Å². The molecule has 2 fully saturated rings. The lowest BCUT2D eigenvalue weighted by molar-refractivity contribution is -0.120. The first-order valence-corrected chi connectivity index (χ1v) is 15.8. The lowest BCUT2D eigenvalue weighted by Crippen LogP contribution is -2.50. The minimum absolute atomic E-state index is 0.127. The molecule has 2 aromatic rings. The standard InChI is InChI=1S/C33H46N6O4/c1-25-4-5-30-28(21-25)38(16-18-42-30)32(41)24-37-14-12-36(13-15-37)23-27-20-26(2)22-29-33(27)43-19-17-39(29)31(40)6-7-35-10-8-34(3)9-11-35/h4-5,20-22H,6-19,23-24H2,1-3H3. The number of amides is 2. The van der Waals surface area contributed by atoms with Crippen molar-refractivity contribution in [1.29, 1.82) is 0 Å². The zero-order valence-electron chi connectivity index (χ0n) is 26.0. The Morgan fingerprint density at radius 2 is 1.35 bits per heavy atom. The van der Waals surface area contributed by atoms with Crippen LogP contribution in [-0.4, -0.2) is 130 Å². The topological polar surface area (TPSA) is 72.0 Å². The number of ether oxygens (including phenoxy) is 2. The SMILES string of the molecule is Cc1ccc2c(c1)N(C(=O)CN1CCN(Cc3cc(C)cc4c3OCCN4C(=O)CCN3CCN(C)CC3)CC1)CCO2. The summed E-state index contributed by atoms with van der Waals surface area (Å²) in [6.45, 7) is 15.9. The molecule has 0 unspecified atom stereocenters. The predicted octanol–water partition coefficient (Wildman–Crippen LogP) is 2.21. The van der Waals surface area contributed by atoms with E-state index >= 15 is 0 Å². The highest BCUT2D eigenvalue weighted by atomic mass is 16.5. The van der Waals surface area contributed by atoms with Crippen molar-refractivity contribution in [2.45, 2.75) is 26.8 Å². The summed E-state index contributed by atoms with van der Waals surface area (Å²) in [6.07, 6.45) is 0.531. The lowest BCUT2D eigenvalue weighted by Gasteiger charge is -2.37. The maximum atomic E-state index is 13.4. The molecule has 2 amide bonds. The number of carbonyl (C=O) groups excluding carboxylic acids is 2. The molecule has 0 saturated carbocycles. The van der Waals surface area contributed by atoms with Gasteiger partial charge in [-0.1, -0.05) is 12.1 Å². The maximum absolute atomic E-state index is 13.4. The van der Waals surface area contributed by atoms with Gasteiger partial charge in [-0.3, -0.25) is 19.4 Å². The number of rotatable bonds is 7. The number of likely N-dealkylation sites (N-methyl/N-ethyl adjacent to an activating group) is 1. The monoisotopic (exact) mass is 590 g/mol. The number of hydrogen-bond donors (Lipinski definition) is 0. The van der Waals surface area contributed by atoms with Gasteiger partial charge in [0, 0.05) is 77.4 Å². The molecule has 10 nitrogen and oxygen atoms in total. The maximum Gasteiger partial charge on any atom is 0.241 e. The molecular weight excluding hydrogens is 544 g/mol. The highest BCUT2D eigenvalue weighted by Gasteiger charge is 2.30. The Bertz CT molecular complexity index is 1320. The van der Waals surface area contributed by atoms with Crippen LogP contribution in [0.2, 0.25) is 0 Å². The van der Waals surface area contributed by atoms with Crippen LogP contribution in [0.3, 0.4) is 0 Å². The van der Waals surface area contributed by atoms with Crippen LogP contribution >= 0.6 is 0 Å². The summed E-state index contributed by atoms with van der Waals surface area (Å²) in [4.78, 5) is 39.9. The smallest absolute Gasteiger partial charge is 0.241 e. The first-order chi connectivity index (χ1) is 20.8. The van der Waals surface area contributed by atoms with Crippen LogP contribution in [0.25, 0.3) is 0 Å². The van der Waals surface area contributed by atoms with Crippen LogP contribution in [0.15, 0.2) is 30.3 Å². The second-order valence-corrected chi connectivity index (χ2v) is 12.5. The molecule has 2 aromatic carbocycles. The van der Waals surface area contributed by atoms with Crippen LogP contribution in [-0.2, 0) is 16.1 Å². The van der Waals surface area contributed by atoms with Crippen molar-refractivity contribution in [2.75, 3.05) is 109 Å². The third kappa shape index (κ3) is 6.98. The van der Waals surface area contributed by atoms with E-state index in [1.165, 1.54) is 0 Å². The third-order valence-corrected chi connectivity index (χ3v) is 9.18. The van der Waals surface area contributed by atoms with E-state index < -0.39 is 0 Å². The molecule has 0 spiro atoms. The minimum Gasteiger partial charge on any atom is -0.490 e. The first-order valence-electron chi connectivity index (χ1n) is 15.8. The summed E-state index contributed by atoms with van der Waals surface area (Å²) >= 11 is 0. The average molecular weight is 591 g/mol. The molecule has 4 heterocycles. The van der Waals surface area contributed by atoms with Crippen molar-refractivity contribution in [2.24, 2.45) is 0 Å². The van der Waals surface area contributed by atoms with Gasteiger partial charge in [0.25, 0.3) is 0 Å². The molecule has 0 N–H and O–H groups in total. The molecule has 43 heavy (non-hydrogen) atoms. The van der Waals surface area contributed by atoms with E-state index in [9.17, 15) is 9.59 Å². The van der Waals surface area contributed by atoms with E-state index in [0.717, 1.165) is 105 Å². The Morgan fingerprint density at radius 1 is 0.698 bits per heavy atom. The zero-order valence-corrected chi connectivity index (χ0v) is 26.0. The fourth-order valence-corrected chi connectivity index (χ4v) is 6.60. The van der Waals surface area contributed by atoms with Gasteiger partial charge in [0.2, 0.25) is 11.8 Å². The van der Waals surface area contributed by atoms with Gasteiger partial charge in [-0.15, -0.1) is 0 Å². The lowest BCUT2D eigenvalue weighted by atomic mass is 10.0. The quantitative estimate of drug-likeness (QED) is 0.487. The van der Waals surface area contributed by atoms with E-state index in [-0.39, 0.29) is 11.8 Å². The average Bonchev–Trinajstić information content (AvgIpc) is 3.01. The summed E-state index contributed by atoms with van der Waals surface area (Å²) in [5.41, 5.74) is 5.19. The van der Waals surface area contributed by atoms with Crippen molar-refractivity contribution in [3.63, 3.8) is 0 Å². The summed E-state index contributed by atoms with van der Waals surface area (Å²) in [5, 5.41) is 0. The zero-order chi connectivity index (χ0) is 29.9. The van der Waals surface area contributed by atoms with E-state index in [1.807, 2.05) is 34.9 Å². The van der Waals surface area contributed by atoms with E-state index in [0.29, 0.717) is 39.3 Å². The van der Waals surface area contributed by atoms with E-state index in [4.69, 9.17) is 9.47 Å². The molecule has 2 saturated heterocycles. The van der Waals surface area contributed by atoms with Crippen LogP contribution in [0.1, 0.15) is 23.1 Å². The van der Waals surface area contributed by atoms with Gasteiger partial charge in [-0.05, 0) is 50.2 Å². The second kappa shape index (κ2) is 13.2. The van der Waals surface area contributed by atoms with Crippen molar-refractivity contribution in [3.05, 3.63) is 47.0 Å². The molecular formula is C33H46N6O4. The fraction of sp³-hybridized carbons (Fsp3) is 0.576. The number of hydrogen-bond acceptors (Lipinski definition) is 8. The van der Waals surface area contributed by atoms with E-state index in [2.05, 4.69) is 45.7 Å². The summed E-state index contributed by atoms with van der Waals surface area (Å²) < 4.78 is 12.0. The number of nitrogens with zero attached hydrogens (tertiary/aromatic N) is 6. The predicted molar refractivity (Wildman–Crippen MR) is 168 cm³/mol. The number of piperazine rings is 2. The number of aryl methyl sites for hydroxylation is 2. The normalized spacial score (nSPS) is 20.3. The van der Waals surface area contributed by atoms with Gasteiger partial charge in [0.15, 0.2) is 0 Å². The molecule has 6 rings (SSSR count). The van der Waals surface area contributed by atoms with E-state index in [1.54, 1.807) is 0 Å². The van der Waals surface area contributed by atoms with Crippen molar-refractivity contribution in [3.8, 4) is 11.5 Å². The molecule has 232 valence electrons. The Morgan fingerprint density at radius 3 is 2.12 bits per heavy atom. The van der Waals surface area contributed by atoms with Crippen LogP contribution < -0.4 is 19.3 Å². The molecule has 0 aromatic heterocycles. The van der Waals surface area contributed by atoms with Crippen LogP contribution in [0.4, 0.5) is 11.4 Å². The highest BCUT2D eigenvalue weighted by molar-refractivity contribution is 5.97. The molecule has 0 radical (unpaired) electrons. The van der Waals surface area contributed by atoms with Crippen molar-refractivity contribution in [1.82, 2.24) is 19.6 Å². The molecule has 4 aliphatic rings. The van der Waals surface area contributed by atoms with Gasteiger partial charge in [-0.25, -0.2) is 0 Å². The molecule has 10 heteroatoms. The van der Waals surface area contributed by atoms with Gasteiger partial charge in [0.05, 0.1) is 31.0 Å². The number of benzene rings is 2. The van der Waals surface area contributed by atoms with Crippen LogP contribution in [0.5, 0.6) is 11.5 Å². The van der Waals surface area contributed by atoms with Gasteiger partial charge >= 0.3 is 0 Å². The summed E-state index contributed by atoms with van der Waals surface area (Å²) in [6, 6.07) is 10.3. The number of fused-ring (bicyclic) bond motifs is 2. The molecule has 0 bridgehead atoms. The fourth-order valence-electron chi connectivity index (χ4n) is 6.60. The molecule has 0 atom stereocenters. The van der Waals surface area contributed by atoms with Gasteiger partial charge in [-0.2, -0.15) is 0 Å². The Hall–Kier alpha value is -3.18. The Balaban J connectivity index is 1.04. The van der Waals surface area contributed by atoms with Crippen molar-refractivity contribution < 1.29 is 19.1 Å². The Kier molecular flexibility index (Phi) is 9.18. The number of anilines is 2. The van der Waals surface area contributed by atoms with Gasteiger partial charge < -0.3 is 29.1 Å². The molecule has 0 aliphatic carbocycles. The summed E-state index contributed by atoms with van der Waals surface area (Å²) in [7, 11) is 2.15. The highest BCUT2D eigenvalue weighted by Crippen LogP contribution is 2.38. The minimum atomic E-state index is 0.127. The third-order valence-electron chi connectivity index (χ3n) is 9.18. The Labute approximate surface area is 255 Å².